The summed E-state index contributed by atoms with van der Waals surface area (Å²) in [5, 5.41) is 3.14. The van der Waals surface area contributed by atoms with Crippen LogP contribution < -0.4 is 10.1 Å². The van der Waals surface area contributed by atoms with Crippen molar-refractivity contribution in [2.75, 3.05) is 6.61 Å². The Balaban J connectivity index is 1.65. The van der Waals surface area contributed by atoms with Gasteiger partial charge in [-0.05, 0) is 18.9 Å². The van der Waals surface area contributed by atoms with E-state index in [0.29, 0.717) is 6.61 Å². The number of hydrogen-bond acceptors (Lipinski definition) is 2. The van der Waals surface area contributed by atoms with Crippen LogP contribution >= 0.6 is 0 Å². The first-order valence-electron chi connectivity index (χ1n) is 6.87. The summed E-state index contributed by atoms with van der Waals surface area (Å²) in [7, 11) is 0. The van der Waals surface area contributed by atoms with Crippen LogP contribution in [0.25, 0.3) is 0 Å². The van der Waals surface area contributed by atoms with Crippen LogP contribution in [0.15, 0.2) is 24.3 Å². The maximum atomic E-state index is 12.2. The fourth-order valence-electron chi connectivity index (χ4n) is 2.94. The third-order valence-corrected chi connectivity index (χ3v) is 3.99. The summed E-state index contributed by atoms with van der Waals surface area (Å²) < 4.78 is 5.58. The summed E-state index contributed by atoms with van der Waals surface area (Å²) in [6, 6.07) is 7.99. The molecule has 1 aromatic rings. The van der Waals surface area contributed by atoms with E-state index in [-0.39, 0.29) is 17.9 Å². The van der Waals surface area contributed by atoms with E-state index < -0.39 is 0 Å². The Morgan fingerprint density at radius 2 is 1.94 bits per heavy atom. The number of hydrogen-bond donors (Lipinski definition) is 1. The van der Waals surface area contributed by atoms with Crippen molar-refractivity contribution >= 4 is 5.91 Å². The summed E-state index contributed by atoms with van der Waals surface area (Å²) in [4.78, 5) is 12.2. The van der Waals surface area contributed by atoms with E-state index in [0.717, 1.165) is 24.2 Å². The second-order valence-corrected chi connectivity index (χ2v) is 5.24. The van der Waals surface area contributed by atoms with Crippen LogP contribution in [0, 0.1) is 5.92 Å². The molecule has 96 valence electrons. The van der Waals surface area contributed by atoms with Gasteiger partial charge in [-0.2, -0.15) is 0 Å². The van der Waals surface area contributed by atoms with Crippen molar-refractivity contribution in [3.05, 3.63) is 29.8 Å². The first-order chi connectivity index (χ1) is 8.84. The van der Waals surface area contributed by atoms with E-state index in [2.05, 4.69) is 5.32 Å². The SMILES string of the molecule is O=C(NC1COc2ccccc21)C1CCCCC1. The fourth-order valence-corrected chi connectivity index (χ4v) is 2.94. The molecular formula is C15H19NO2. The molecule has 1 aliphatic carbocycles. The molecule has 2 aliphatic rings. The largest absolute Gasteiger partial charge is 0.491 e. The second kappa shape index (κ2) is 5.01. The van der Waals surface area contributed by atoms with Gasteiger partial charge < -0.3 is 10.1 Å². The van der Waals surface area contributed by atoms with Crippen LogP contribution in [0.4, 0.5) is 0 Å². The van der Waals surface area contributed by atoms with E-state index in [4.69, 9.17) is 4.74 Å². The highest BCUT2D eigenvalue weighted by Gasteiger charge is 2.28. The van der Waals surface area contributed by atoms with E-state index in [1.807, 2.05) is 24.3 Å². The van der Waals surface area contributed by atoms with Gasteiger partial charge in [0.15, 0.2) is 0 Å². The lowest BCUT2D eigenvalue weighted by molar-refractivity contribution is -0.126. The molecule has 0 aromatic heterocycles. The highest BCUT2D eigenvalue weighted by molar-refractivity contribution is 5.79. The zero-order valence-electron chi connectivity index (χ0n) is 10.5. The molecule has 1 fully saturated rings. The number of nitrogens with one attached hydrogen (secondary N) is 1. The Labute approximate surface area is 108 Å². The molecular weight excluding hydrogens is 226 g/mol. The van der Waals surface area contributed by atoms with Gasteiger partial charge in [-0.3, -0.25) is 4.79 Å². The quantitative estimate of drug-likeness (QED) is 0.870. The number of carbonyl (C=O) groups is 1. The normalized spacial score (nSPS) is 23.2. The molecule has 1 unspecified atom stereocenters. The third kappa shape index (κ3) is 2.22. The van der Waals surface area contributed by atoms with Crippen LogP contribution in [0.1, 0.15) is 43.7 Å². The molecule has 1 saturated carbocycles. The molecule has 18 heavy (non-hydrogen) atoms. The second-order valence-electron chi connectivity index (χ2n) is 5.24. The van der Waals surface area contributed by atoms with Crippen LogP contribution in [-0.4, -0.2) is 12.5 Å². The summed E-state index contributed by atoms with van der Waals surface area (Å²) in [5.74, 6) is 1.33. The van der Waals surface area contributed by atoms with E-state index in [1.54, 1.807) is 0 Å². The predicted molar refractivity (Wildman–Crippen MR) is 69.4 cm³/mol. The van der Waals surface area contributed by atoms with E-state index in [9.17, 15) is 4.79 Å². The highest BCUT2D eigenvalue weighted by Crippen LogP contribution is 2.32. The zero-order valence-corrected chi connectivity index (χ0v) is 10.5. The Bertz CT molecular complexity index is 438. The molecule has 0 saturated heterocycles. The molecule has 1 N–H and O–H groups in total. The smallest absolute Gasteiger partial charge is 0.223 e. The van der Waals surface area contributed by atoms with E-state index in [1.165, 1.54) is 19.3 Å². The van der Waals surface area contributed by atoms with E-state index >= 15 is 0 Å². The van der Waals surface area contributed by atoms with Gasteiger partial charge >= 0.3 is 0 Å². The Hall–Kier alpha value is -1.51. The molecule has 1 aliphatic heterocycles. The van der Waals surface area contributed by atoms with Crippen LogP contribution in [0.5, 0.6) is 5.75 Å². The predicted octanol–water partition coefficient (Wildman–Crippen LogP) is 2.82. The minimum atomic E-state index is 0.0376. The van der Waals surface area contributed by atoms with Crippen molar-refractivity contribution in [2.24, 2.45) is 5.92 Å². The van der Waals surface area contributed by atoms with Crippen molar-refractivity contribution < 1.29 is 9.53 Å². The minimum Gasteiger partial charge on any atom is -0.491 e. The average molecular weight is 245 g/mol. The number of fused-ring (bicyclic) bond motifs is 1. The molecule has 3 heteroatoms. The van der Waals surface area contributed by atoms with Crippen molar-refractivity contribution in [3.63, 3.8) is 0 Å². The van der Waals surface area contributed by atoms with Gasteiger partial charge in [0.1, 0.15) is 12.4 Å². The Morgan fingerprint density at radius 3 is 2.78 bits per heavy atom. The lowest BCUT2D eigenvalue weighted by Gasteiger charge is -2.22. The summed E-state index contributed by atoms with van der Waals surface area (Å²) >= 11 is 0. The van der Waals surface area contributed by atoms with Crippen molar-refractivity contribution in [2.45, 2.75) is 38.1 Å². The zero-order chi connectivity index (χ0) is 12.4. The van der Waals surface area contributed by atoms with Crippen LogP contribution in [0.3, 0.4) is 0 Å². The van der Waals surface area contributed by atoms with Crippen LogP contribution in [-0.2, 0) is 4.79 Å². The molecule has 0 spiro atoms. The lowest BCUT2D eigenvalue weighted by Crippen LogP contribution is -2.35. The molecule has 1 aromatic carbocycles. The van der Waals surface area contributed by atoms with Gasteiger partial charge in [0.25, 0.3) is 0 Å². The van der Waals surface area contributed by atoms with Gasteiger partial charge in [-0.25, -0.2) is 0 Å². The number of benzene rings is 1. The van der Waals surface area contributed by atoms with Gasteiger partial charge in [0.2, 0.25) is 5.91 Å². The molecule has 3 rings (SSSR count). The molecule has 3 nitrogen and oxygen atoms in total. The van der Waals surface area contributed by atoms with Crippen molar-refractivity contribution in [3.8, 4) is 5.75 Å². The number of para-hydroxylation sites is 1. The number of amides is 1. The monoisotopic (exact) mass is 245 g/mol. The highest BCUT2D eigenvalue weighted by atomic mass is 16.5. The van der Waals surface area contributed by atoms with Gasteiger partial charge in [-0.1, -0.05) is 37.5 Å². The van der Waals surface area contributed by atoms with Crippen molar-refractivity contribution in [1.29, 1.82) is 0 Å². The lowest BCUT2D eigenvalue weighted by atomic mass is 9.88. The summed E-state index contributed by atoms with van der Waals surface area (Å²) in [6.45, 7) is 0.567. The third-order valence-electron chi connectivity index (χ3n) is 3.99. The molecule has 0 radical (unpaired) electrons. The first-order valence-corrected chi connectivity index (χ1v) is 6.87. The van der Waals surface area contributed by atoms with Crippen molar-refractivity contribution in [1.82, 2.24) is 5.32 Å². The average Bonchev–Trinajstić information content (AvgIpc) is 2.83. The number of rotatable bonds is 2. The number of ether oxygens (including phenoxy) is 1. The Morgan fingerprint density at radius 1 is 1.17 bits per heavy atom. The van der Waals surface area contributed by atoms with Gasteiger partial charge in [0, 0.05) is 11.5 Å². The molecule has 1 amide bonds. The summed E-state index contributed by atoms with van der Waals surface area (Å²) in [5.41, 5.74) is 1.11. The van der Waals surface area contributed by atoms with Gasteiger partial charge in [-0.15, -0.1) is 0 Å². The minimum absolute atomic E-state index is 0.0376. The fraction of sp³-hybridized carbons (Fsp3) is 0.533. The maximum Gasteiger partial charge on any atom is 0.223 e. The Kier molecular flexibility index (Phi) is 3.22. The van der Waals surface area contributed by atoms with Crippen LogP contribution in [0.2, 0.25) is 0 Å². The summed E-state index contributed by atoms with van der Waals surface area (Å²) in [6.07, 6.45) is 5.74. The maximum absolute atomic E-state index is 12.2. The molecule has 0 bridgehead atoms. The molecule has 1 atom stereocenters. The molecule has 1 heterocycles. The first kappa shape index (κ1) is 11.6. The standard InChI is InChI=1S/C15H19NO2/c17-15(11-6-2-1-3-7-11)16-13-10-18-14-9-5-4-8-12(13)14/h4-5,8-9,11,13H,1-3,6-7,10H2,(H,16,17). The topological polar surface area (TPSA) is 38.3 Å². The number of carbonyl (C=O) groups excluding carboxylic acids is 1. The van der Waals surface area contributed by atoms with Gasteiger partial charge in [0.05, 0.1) is 6.04 Å².